The van der Waals surface area contributed by atoms with E-state index in [1.807, 2.05) is 24.3 Å². The monoisotopic (exact) mass is 389 g/mol. The smallest absolute Gasteiger partial charge is 0.269 e. The molecule has 28 heavy (non-hydrogen) atoms. The van der Waals surface area contributed by atoms with E-state index in [9.17, 15) is 15.2 Å². The molecule has 0 unspecified atom stereocenters. The van der Waals surface area contributed by atoms with Crippen molar-refractivity contribution in [2.24, 2.45) is 0 Å². The molecule has 2 aromatic carbocycles. The van der Waals surface area contributed by atoms with Crippen LogP contribution in [0.2, 0.25) is 0 Å². The van der Waals surface area contributed by atoms with E-state index in [-0.39, 0.29) is 16.4 Å². The second-order valence-corrected chi connectivity index (χ2v) is 7.13. The molecule has 0 saturated carbocycles. The van der Waals surface area contributed by atoms with Crippen LogP contribution < -0.4 is 19.3 Å². The molecule has 0 bridgehead atoms. The predicted molar refractivity (Wildman–Crippen MR) is 103 cm³/mol. The lowest BCUT2D eigenvalue weighted by molar-refractivity contribution is -1.02. The van der Waals surface area contributed by atoms with Crippen LogP contribution in [-0.4, -0.2) is 50.4 Å². The molecular formula is C20H27N3O5+2. The number of benzene rings is 2. The number of nitro benzene ring substituents is 1. The largest absolute Gasteiger partial charge is 0.502 e. The van der Waals surface area contributed by atoms with Gasteiger partial charge in [-0.25, -0.2) is 0 Å². The maximum absolute atomic E-state index is 10.8. The molecule has 0 atom stereocenters. The van der Waals surface area contributed by atoms with Gasteiger partial charge in [-0.1, -0.05) is 0 Å². The van der Waals surface area contributed by atoms with E-state index >= 15 is 0 Å². The van der Waals surface area contributed by atoms with E-state index < -0.39 is 0 Å². The normalized spacial score (nSPS) is 19.2. The second-order valence-electron chi connectivity index (χ2n) is 7.13. The molecule has 8 nitrogen and oxygen atoms in total. The summed E-state index contributed by atoms with van der Waals surface area (Å²) in [5, 5.41) is 20.8. The number of piperazine rings is 1. The first-order valence-corrected chi connectivity index (χ1v) is 9.34. The van der Waals surface area contributed by atoms with E-state index in [1.165, 1.54) is 24.0 Å². The minimum atomic E-state index is -0.369. The fraction of sp³-hybridized carbons (Fsp3) is 0.400. The zero-order chi connectivity index (χ0) is 20.1. The van der Waals surface area contributed by atoms with Crippen LogP contribution in [0.15, 0.2) is 36.4 Å². The van der Waals surface area contributed by atoms with Gasteiger partial charge in [-0.3, -0.25) is 10.1 Å². The molecule has 1 aliphatic heterocycles. The fourth-order valence-corrected chi connectivity index (χ4v) is 3.67. The van der Waals surface area contributed by atoms with Crippen LogP contribution in [0.5, 0.6) is 17.2 Å². The van der Waals surface area contributed by atoms with E-state index in [1.54, 1.807) is 12.1 Å². The Hall–Kier alpha value is -2.84. The maximum atomic E-state index is 10.8. The first-order valence-electron chi connectivity index (χ1n) is 9.34. The van der Waals surface area contributed by atoms with Crippen LogP contribution in [0.4, 0.5) is 5.69 Å². The highest BCUT2D eigenvalue weighted by molar-refractivity contribution is 5.52. The fourth-order valence-electron chi connectivity index (χ4n) is 3.67. The number of rotatable bonds is 7. The lowest BCUT2D eigenvalue weighted by atomic mass is 10.1. The number of ether oxygens (including phenoxy) is 2. The lowest BCUT2D eigenvalue weighted by Crippen LogP contribution is -3.27. The van der Waals surface area contributed by atoms with E-state index in [0.29, 0.717) is 11.5 Å². The van der Waals surface area contributed by atoms with E-state index in [0.717, 1.165) is 50.4 Å². The predicted octanol–water partition coefficient (Wildman–Crippen LogP) is -0.199. The third kappa shape index (κ3) is 4.71. The summed E-state index contributed by atoms with van der Waals surface area (Å²) in [6.45, 7) is 5.88. The molecule has 0 spiro atoms. The summed E-state index contributed by atoms with van der Waals surface area (Å²) in [5.74, 6) is 0.883. The SMILES string of the molecule is COc1cc(C[NH+]2CC[NH+](Cc3ccc([N+](=O)[O-])cc3)CC2)cc(OC)c1O. The number of aromatic hydroxyl groups is 1. The Balaban J connectivity index is 1.55. The average Bonchev–Trinajstić information content (AvgIpc) is 2.71. The van der Waals surface area contributed by atoms with Gasteiger partial charge >= 0.3 is 0 Å². The second kappa shape index (κ2) is 8.90. The highest BCUT2D eigenvalue weighted by atomic mass is 16.6. The molecule has 150 valence electrons. The zero-order valence-corrected chi connectivity index (χ0v) is 16.2. The Bertz CT molecular complexity index is 792. The molecule has 1 fully saturated rings. The zero-order valence-electron chi connectivity index (χ0n) is 16.2. The summed E-state index contributed by atoms with van der Waals surface area (Å²) in [6.07, 6.45) is 0. The Morgan fingerprint density at radius 3 is 1.82 bits per heavy atom. The summed E-state index contributed by atoms with van der Waals surface area (Å²) >= 11 is 0. The van der Waals surface area contributed by atoms with Crippen molar-refractivity contribution >= 4 is 5.69 Å². The number of nitro groups is 1. The summed E-state index contributed by atoms with van der Waals surface area (Å²) in [7, 11) is 3.07. The number of hydrogen-bond acceptors (Lipinski definition) is 5. The summed E-state index contributed by atoms with van der Waals surface area (Å²) in [5.41, 5.74) is 2.32. The number of phenols is 1. The van der Waals surface area contributed by atoms with Crippen LogP contribution in [0, 0.1) is 10.1 Å². The third-order valence-corrected chi connectivity index (χ3v) is 5.26. The number of nitrogens with one attached hydrogen (secondary N) is 2. The van der Waals surface area contributed by atoms with Gasteiger partial charge in [0.1, 0.15) is 39.3 Å². The van der Waals surface area contributed by atoms with Crippen molar-refractivity contribution in [3.05, 3.63) is 57.6 Å². The molecule has 1 heterocycles. The minimum absolute atomic E-state index is 0.0288. The van der Waals surface area contributed by atoms with Crippen LogP contribution >= 0.6 is 0 Å². The Labute approximate surface area is 164 Å². The molecule has 8 heteroatoms. The van der Waals surface area contributed by atoms with Gasteiger partial charge in [-0.2, -0.15) is 0 Å². The Morgan fingerprint density at radius 1 is 0.929 bits per heavy atom. The van der Waals surface area contributed by atoms with Crippen molar-refractivity contribution in [1.82, 2.24) is 0 Å². The van der Waals surface area contributed by atoms with Crippen LogP contribution in [0.1, 0.15) is 11.1 Å². The van der Waals surface area contributed by atoms with Gasteiger partial charge in [0, 0.05) is 23.3 Å². The average molecular weight is 389 g/mol. The van der Waals surface area contributed by atoms with Crippen molar-refractivity contribution in [2.45, 2.75) is 13.1 Å². The number of nitrogens with zero attached hydrogens (tertiary/aromatic N) is 1. The molecule has 0 aromatic heterocycles. The first-order chi connectivity index (χ1) is 13.5. The van der Waals surface area contributed by atoms with Crippen LogP contribution in [0.3, 0.4) is 0 Å². The van der Waals surface area contributed by atoms with Gasteiger partial charge in [0.2, 0.25) is 5.75 Å². The quantitative estimate of drug-likeness (QED) is 0.451. The van der Waals surface area contributed by atoms with Crippen LogP contribution in [0.25, 0.3) is 0 Å². The van der Waals surface area contributed by atoms with Gasteiger partial charge in [0.25, 0.3) is 5.69 Å². The highest BCUT2D eigenvalue weighted by Gasteiger charge is 2.24. The third-order valence-electron chi connectivity index (χ3n) is 5.26. The summed E-state index contributed by atoms with van der Waals surface area (Å²) in [4.78, 5) is 13.3. The maximum Gasteiger partial charge on any atom is 0.269 e. The van der Waals surface area contributed by atoms with Crippen molar-refractivity contribution in [3.8, 4) is 17.2 Å². The van der Waals surface area contributed by atoms with Gasteiger partial charge in [-0.05, 0) is 24.3 Å². The van der Waals surface area contributed by atoms with Crippen molar-refractivity contribution in [2.75, 3.05) is 40.4 Å². The highest BCUT2D eigenvalue weighted by Crippen LogP contribution is 2.36. The molecule has 0 radical (unpaired) electrons. The van der Waals surface area contributed by atoms with Gasteiger partial charge in [-0.15, -0.1) is 0 Å². The van der Waals surface area contributed by atoms with Crippen molar-refractivity contribution < 1.29 is 29.3 Å². The number of phenolic OH excluding ortho intramolecular Hbond substituents is 1. The van der Waals surface area contributed by atoms with Gasteiger partial charge in [0.05, 0.1) is 19.1 Å². The topological polar surface area (TPSA) is 90.7 Å². The van der Waals surface area contributed by atoms with Gasteiger partial charge in [0.15, 0.2) is 11.5 Å². The molecule has 1 saturated heterocycles. The van der Waals surface area contributed by atoms with E-state index in [2.05, 4.69) is 0 Å². The number of non-ortho nitro benzene ring substituents is 1. The van der Waals surface area contributed by atoms with Crippen molar-refractivity contribution in [3.63, 3.8) is 0 Å². The minimum Gasteiger partial charge on any atom is -0.502 e. The molecule has 2 aromatic rings. The standard InChI is InChI=1S/C20H25N3O5/c1-27-18-11-16(12-19(28-2)20(18)24)14-22-9-7-21(8-10-22)13-15-3-5-17(6-4-15)23(25)26/h3-6,11-12,24H,7-10,13-14H2,1-2H3/p+2. The van der Waals surface area contributed by atoms with Gasteiger partial charge < -0.3 is 24.4 Å². The molecule has 0 amide bonds. The number of methoxy groups -OCH3 is 2. The molecule has 3 rings (SSSR count). The molecular weight excluding hydrogens is 362 g/mol. The number of quaternary nitrogens is 2. The Kier molecular flexibility index (Phi) is 6.33. The molecule has 3 N–H and O–H groups in total. The lowest BCUT2D eigenvalue weighted by Gasteiger charge is -2.30. The number of hydrogen-bond donors (Lipinski definition) is 3. The Morgan fingerprint density at radius 2 is 1.39 bits per heavy atom. The summed E-state index contributed by atoms with van der Waals surface area (Å²) < 4.78 is 10.5. The summed E-state index contributed by atoms with van der Waals surface area (Å²) in [6, 6.07) is 10.6. The van der Waals surface area contributed by atoms with E-state index in [4.69, 9.17) is 9.47 Å². The molecule has 0 aliphatic carbocycles. The van der Waals surface area contributed by atoms with Crippen LogP contribution in [-0.2, 0) is 13.1 Å². The first kappa shape index (κ1) is 19.9. The van der Waals surface area contributed by atoms with Crippen molar-refractivity contribution in [1.29, 1.82) is 0 Å². The molecule has 1 aliphatic rings.